The second-order valence-electron chi connectivity index (χ2n) is 4.51. The van der Waals surface area contributed by atoms with Gasteiger partial charge < -0.3 is 20.5 Å². The monoisotopic (exact) mass is 270 g/mol. The number of hydrogen-bond donors (Lipinski definition) is 2. The SMILES string of the molecule is CCOCCCNc1cc(OC(C)C)c(F)cc1N. The van der Waals surface area contributed by atoms with Crippen molar-refractivity contribution in [1.82, 2.24) is 0 Å². The van der Waals surface area contributed by atoms with Crippen molar-refractivity contribution >= 4 is 11.4 Å². The zero-order valence-electron chi connectivity index (χ0n) is 11.8. The normalized spacial score (nSPS) is 10.8. The van der Waals surface area contributed by atoms with Crippen molar-refractivity contribution in [3.63, 3.8) is 0 Å². The lowest BCUT2D eigenvalue weighted by atomic mass is 10.2. The molecule has 5 heteroatoms. The number of benzene rings is 1. The van der Waals surface area contributed by atoms with Crippen LogP contribution in [0.15, 0.2) is 12.1 Å². The Morgan fingerprint density at radius 2 is 2.11 bits per heavy atom. The zero-order chi connectivity index (χ0) is 14.3. The minimum Gasteiger partial charge on any atom is -0.488 e. The molecule has 0 heterocycles. The van der Waals surface area contributed by atoms with Crippen LogP contribution in [-0.4, -0.2) is 25.9 Å². The highest BCUT2D eigenvalue weighted by molar-refractivity contribution is 5.68. The van der Waals surface area contributed by atoms with E-state index in [4.69, 9.17) is 15.2 Å². The Kier molecular flexibility index (Phi) is 6.42. The molecule has 0 saturated heterocycles. The standard InChI is InChI=1S/C14H23FN2O2/c1-4-18-7-5-6-17-13-9-14(19-10(2)3)11(15)8-12(13)16/h8-10,17H,4-7,16H2,1-3H3. The highest BCUT2D eigenvalue weighted by Crippen LogP contribution is 2.28. The minimum atomic E-state index is -0.439. The number of nitrogens with two attached hydrogens (primary N) is 1. The maximum atomic E-state index is 13.6. The molecular formula is C14H23FN2O2. The van der Waals surface area contributed by atoms with Crippen molar-refractivity contribution in [3.05, 3.63) is 17.9 Å². The van der Waals surface area contributed by atoms with E-state index in [0.29, 0.717) is 24.6 Å². The van der Waals surface area contributed by atoms with Gasteiger partial charge in [-0.1, -0.05) is 0 Å². The molecule has 0 amide bonds. The van der Waals surface area contributed by atoms with E-state index in [1.807, 2.05) is 20.8 Å². The second kappa shape index (κ2) is 7.84. The Morgan fingerprint density at radius 1 is 1.37 bits per heavy atom. The van der Waals surface area contributed by atoms with E-state index in [-0.39, 0.29) is 11.9 Å². The van der Waals surface area contributed by atoms with Gasteiger partial charge in [0, 0.05) is 31.9 Å². The molecule has 1 aromatic carbocycles. The Bertz CT molecular complexity index is 397. The van der Waals surface area contributed by atoms with E-state index in [9.17, 15) is 4.39 Å². The van der Waals surface area contributed by atoms with E-state index < -0.39 is 5.82 Å². The number of halogens is 1. The molecule has 0 aliphatic carbocycles. The van der Waals surface area contributed by atoms with Crippen molar-refractivity contribution in [2.45, 2.75) is 33.3 Å². The van der Waals surface area contributed by atoms with Gasteiger partial charge in [0.05, 0.1) is 17.5 Å². The Balaban J connectivity index is 2.61. The molecule has 0 atom stereocenters. The average molecular weight is 270 g/mol. The molecule has 1 rings (SSSR count). The van der Waals surface area contributed by atoms with Gasteiger partial charge >= 0.3 is 0 Å². The van der Waals surface area contributed by atoms with Crippen LogP contribution in [0.3, 0.4) is 0 Å². The van der Waals surface area contributed by atoms with Crippen molar-refractivity contribution in [2.75, 3.05) is 30.8 Å². The molecule has 0 saturated carbocycles. The molecule has 0 radical (unpaired) electrons. The third-order valence-electron chi connectivity index (χ3n) is 2.45. The van der Waals surface area contributed by atoms with Crippen LogP contribution in [0, 0.1) is 5.82 Å². The van der Waals surface area contributed by atoms with Crippen LogP contribution in [0.5, 0.6) is 5.75 Å². The summed E-state index contributed by atoms with van der Waals surface area (Å²) in [6, 6.07) is 2.88. The summed E-state index contributed by atoms with van der Waals surface area (Å²) in [5, 5.41) is 3.16. The summed E-state index contributed by atoms with van der Waals surface area (Å²) in [4.78, 5) is 0. The molecule has 108 valence electrons. The van der Waals surface area contributed by atoms with E-state index in [2.05, 4.69) is 5.32 Å². The smallest absolute Gasteiger partial charge is 0.167 e. The van der Waals surface area contributed by atoms with E-state index >= 15 is 0 Å². The maximum absolute atomic E-state index is 13.6. The zero-order valence-corrected chi connectivity index (χ0v) is 11.8. The average Bonchev–Trinajstić information content (AvgIpc) is 2.33. The van der Waals surface area contributed by atoms with Gasteiger partial charge in [0.1, 0.15) is 0 Å². The summed E-state index contributed by atoms with van der Waals surface area (Å²) in [6.45, 7) is 7.79. The van der Waals surface area contributed by atoms with Gasteiger partial charge in [-0.3, -0.25) is 0 Å². The lowest BCUT2D eigenvalue weighted by molar-refractivity contribution is 0.147. The number of ether oxygens (including phenoxy) is 2. The minimum absolute atomic E-state index is 0.0797. The number of hydrogen-bond acceptors (Lipinski definition) is 4. The first kappa shape index (κ1) is 15.6. The topological polar surface area (TPSA) is 56.5 Å². The van der Waals surface area contributed by atoms with Gasteiger partial charge in [-0.25, -0.2) is 4.39 Å². The van der Waals surface area contributed by atoms with Crippen LogP contribution in [0.1, 0.15) is 27.2 Å². The van der Waals surface area contributed by atoms with Gasteiger partial charge in [-0.15, -0.1) is 0 Å². The molecule has 19 heavy (non-hydrogen) atoms. The van der Waals surface area contributed by atoms with Crippen LogP contribution >= 0.6 is 0 Å². The van der Waals surface area contributed by atoms with E-state index in [0.717, 1.165) is 13.0 Å². The Labute approximate surface area is 114 Å². The van der Waals surface area contributed by atoms with Crippen LogP contribution in [0.2, 0.25) is 0 Å². The summed E-state index contributed by atoms with van der Waals surface area (Å²) in [6.07, 6.45) is 0.786. The number of nitrogens with one attached hydrogen (secondary N) is 1. The summed E-state index contributed by atoms with van der Waals surface area (Å²) in [7, 11) is 0. The van der Waals surface area contributed by atoms with Gasteiger partial charge in [0.2, 0.25) is 0 Å². The fourth-order valence-electron chi connectivity index (χ4n) is 1.61. The lowest BCUT2D eigenvalue weighted by Crippen LogP contribution is -2.10. The first-order valence-electron chi connectivity index (χ1n) is 6.61. The third-order valence-corrected chi connectivity index (χ3v) is 2.45. The Morgan fingerprint density at radius 3 is 2.74 bits per heavy atom. The highest BCUT2D eigenvalue weighted by atomic mass is 19.1. The predicted molar refractivity (Wildman–Crippen MR) is 76.2 cm³/mol. The van der Waals surface area contributed by atoms with E-state index in [1.54, 1.807) is 6.07 Å². The van der Waals surface area contributed by atoms with Crippen LogP contribution in [-0.2, 0) is 4.74 Å². The molecule has 0 spiro atoms. The first-order valence-corrected chi connectivity index (χ1v) is 6.61. The molecule has 0 unspecified atom stereocenters. The van der Waals surface area contributed by atoms with Crippen LogP contribution in [0.4, 0.5) is 15.8 Å². The summed E-state index contributed by atoms with van der Waals surface area (Å²) < 4.78 is 24.3. The molecule has 0 bridgehead atoms. The first-order chi connectivity index (χ1) is 9.04. The van der Waals surface area contributed by atoms with Gasteiger partial charge in [0.15, 0.2) is 11.6 Å². The largest absolute Gasteiger partial charge is 0.488 e. The lowest BCUT2D eigenvalue weighted by Gasteiger charge is -2.15. The molecule has 0 aliphatic rings. The van der Waals surface area contributed by atoms with E-state index in [1.165, 1.54) is 6.07 Å². The number of nitrogen functional groups attached to an aromatic ring is 1. The molecule has 0 aromatic heterocycles. The molecule has 4 nitrogen and oxygen atoms in total. The maximum Gasteiger partial charge on any atom is 0.167 e. The van der Waals surface area contributed by atoms with Gasteiger partial charge in [-0.2, -0.15) is 0 Å². The Hall–Kier alpha value is -1.49. The molecular weight excluding hydrogens is 247 g/mol. The number of anilines is 2. The second-order valence-corrected chi connectivity index (χ2v) is 4.51. The van der Waals surface area contributed by atoms with Crippen molar-refractivity contribution in [3.8, 4) is 5.75 Å². The summed E-state index contributed by atoms with van der Waals surface area (Å²) in [5.74, 6) is -0.220. The van der Waals surface area contributed by atoms with Gasteiger partial charge in [0.25, 0.3) is 0 Å². The van der Waals surface area contributed by atoms with Crippen molar-refractivity contribution in [1.29, 1.82) is 0 Å². The van der Waals surface area contributed by atoms with Crippen molar-refractivity contribution < 1.29 is 13.9 Å². The quantitative estimate of drug-likeness (QED) is 0.563. The fourth-order valence-corrected chi connectivity index (χ4v) is 1.61. The van der Waals surface area contributed by atoms with Gasteiger partial charge in [-0.05, 0) is 27.2 Å². The molecule has 0 aliphatic heterocycles. The molecule has 1 aromatic rings. The summed E-state index contributed by atoms with van der Waals surface area (Å²) >= 11 is 0. The highest BCUT2D eigenvalue weighted by Gasteiger charge is 2.10. The van der Waals surface area contributed by atoms with Crippen LogP contribution in [0.25, 0.3) is 0 Å². The third kappa shape index (κ3) is 5.34. The molecule has 3 N–H and O–H groups in total. The fraction of sp³-hybridized carbons (Fsp3) is 0.571. The summed E-state index contributed by atoms with van der Waals surface area (Å²) in [5.41, 5.74) is 6.84. The van der Waals surface area contributed by atoms with Crippen molar-refractivity contribution in [2.24, 2.45) is 0 Å². The predicted octanol–water partition coefficient (Wildman–Crippen LogP) is 3.03. The van der Waals surface area contributed by atoms with Crippen LogP contribution < -0.4 is 15.8 Å². The molecule has 0 fully saturated rings. The number of rotatable bonds is 8.